The van der Waals surface area contributed by atoms with Gasteiger partial charge in [-0.2, -0.15) is 5.10 Å². The van der Waals surface area contributed by atoms with Gasteiger partial charge in [-0.1, -0.05) is 0 Å². The summed E-state index contributed by atoms with van der Waals surface area (Å²) in [6.45, 7) is 3.94. The van der Waals surface area contributed by atoms with Gasteiger partial charge in [0.25, 0.3) is 11.8 Å². The lowest BCUT2D eigenvalue weighted by atomic mass is 10.1. The van der Waals surface area contributed by atoms with Crippen LogP contribution in [-0.2, 0) is 0 Å². The number of hydrogen-bond donors (Lipinski definition) is 1. The van der Waals surface area contributed by atoms with Crippen molar-refractivity contribution >= 4 is 24.2 Å². The number of nitrogens with one attached hydrogen (secondary N) is 1. The second-order valence-corrected chi connectivity index (χ2v) is 6.74. The molecule has 1 N–H and O–H groups in total. The molecule has 1 unspecified atom stereocenters. The van der Waals surface area contributed by atoms with Crippen molar-refractivity contribution in [3.05, 3.63) is 42.1 Å². The summed E-state index contributed by atoms with van der Waals surface area (Å²) in [5, 5.41) is 7.85. The molecule has 4 rings (SSSR count). The van der Waals surface area contributed by atoms with Gasteiger partial charge in [-0.05, 0) is 37.6 Å². The molecule has 9 heteroatoms. The second-order valence-electron chi connectivity index (χ2n) is 6.74. The monoisotopic (exact) mass is 393 g/mol. The number of carbonyl (C=O) groups is 2. The molecular weight excluding hydrogens is 370 g/mol. The first kappa shape index (κ1) is 19.4. The molecule has 2 aliphatic heterocycles. The molecule has 0 bridgehead atoms. The summed E-state index contributed by atoms with van der Waals surface area (Å²) in [7, 11) is 0. The lowest BCUT2D eigenvalue weighted by Crippen LogP contribution is -2.50. The number of carbonyl (C=O) groups excluding carboxylic acids is 2. The molecule has 0 saturated carbocycles. The fraction of sp³-hybridized carbons (Fsp3) is 0.500. The SMILES string of the molecule is Cl.O=C(c1ccn(C2CCCNC2)n1)N1CCN(C(=O)c2ccco2)CC1. The highest BCUT2D eigenvalue weighted by atomic mass is 35.5. The summed E-state index contributed by atoms with van der Waals surface area (Å²) >= 11 is 0. The van der Waals surface area contributed by atoms with Crippen LogP contribution in [0.5, 0.6) is 0 Å². The van der Waals surface area contributed by atoms with E-state index in [0.717, 1.165) is 25.9 Å². The normalized spacial score (nSPS) is 20.2. The van der Waals surface area contributed by atoms with Crippen molar-refractivity contribution in [2.75, 3.05) is 39.3 Å². The van der Waals surface area contributed by atoms with Crippen LogP contribution in [0.15, 0.2) is 35.1 Å². The molecule has 2 aromatic heterocycles. The predicted molar refractivity (Wildman–Crippen MR) is 101 cm³/mol. The Morgan fingerprint density at radius 1 is 1.11 bits per heavy atom. The summed E-state index contributed by atoms with van der Waals surface area (Å²) < 4.78 is 7.06. The van der Waals surface area contributed by atoms with Crippen LogP contribution in [0.1, 0.15) is 39.9 Å². The van der Waals surface area contributed by atoms with Crippen LogP contribution in [0.25, 0.3) is 0 Å². The Balaban J connectivity index is 0.00000210. The van der Waals surface area contributed by atoms with E-state index in [9.17, 15) is 9.59 Å². The predicted octanol–water partition coefficient (Wildman–Crippen LogP) is 1.42. The number of nitrogens with zero attached hydrogens (tertiary/aromatic N) is 4. The lowest BCUT2D eigenvalue weighted by molar-refractivity contribution is 0.0514. The van der Waals surface area contributed by atoms with Crippen LogP contribution in [0.2, 0.25) is 0 Å². The Hall–Kier alpha value is -2.32. The van der Waals surface area contributed by atoms with Crippen LogP contribution in [-0.4, -0.2) is 70.7 Å². The maximum absolute atomic E-state index is 12.7. The second kappa shape index (κ2) is 8.58. The van der Waals surface area contributed by atoms with Gasteiger partial charge in [0.05, 0.1) is 12.3 Å². The van der Waals surface area contributed by atoms with E-state index in [0.29, 0.717) is 43.7 Å². The molecule has 2 aliphatic rings. The van der Waals surface area contributed by atoms with E-state index in [-0.39, 0.29) is 24.2 Å². The third-order valence-corrected chi connectivity index (χ3v) is 5.06. The quantitative estimate of drug-likeness (QED) is 0.852. The van der Waals surface area contributed by atoms with E-state index in [1.807, 2.05) is 10.9 Å². The Labute approximate surface area is 163 Å². The van der Waals surface area contributed by atoms with Crippen LogP contribution >= 0.6 is 12.4 Å². The highest BCUT2D eigenvalue weighted by Gasteiger charge is 2.28. The largest absolute Gasteiger partial charge is 0.459 e. The zero-order valence-corrected chi connectivity index (χ0v) is 15.9. The van der Waals surface area contributed by atoms with E-state index in [2.05, 4.69) is 10.4 Å². The summed E-state index contributed by atoms with van der Waals surface area (Å²) in [4.78, 5) is 28.5. The molecule has 1 atom stereocenters. The van der Waals surface area contributed by atoms with Crippen LogP contribution in [0.3, 0.4) is 0 Å². The van der Waals surface area contributed by atoms with Crippen molar-refractivity contribution in [2.24, 2.45) is 0 Å². The minimum Gasteiger partial charge on any atom is -0.459 e. The van der Waals surface area contributed by atoms with E-state index in [4.69, 9.17) is 4.42 Å². The molecular formula is C18H24ClN5O3. The van der Waals surface area contributed by atoms with E-state index >= 15 is 0 Å². The van der Waals surface area contributed by atoms with Crippen LogP contribution < -0.4 is 5.32 Å². The number of aromatic nitrogens is 2. The topological polar surface area (TPSA) is 83.6 Å². The van der Waals surface area contributed by atoms with Gasteiger partial charge in [-0.25, -0.2) is 0 Å². The Bertz CT molecular complexity index is 762. The average molecular weight is 394 g/mol. The summed E-state index contributed by atoms with van der Waals surface area (Å²) in [6.07, 6.45) is 5.59. The van der Waals surface area contributed by atoms with Gasteiger partial charge in [-0.3, -0.25) is 14.3 Å². The van der Waals surface area contributed by atoms with Gasteiger partial charge in [-0.15, -0.1) is 12.4 Å². The highest BCUT2D eigenvalue weighted by molar-refractivity contribution is 5.93. The molecule has 2 aromatic rings. The molecule has 0 spiro atoms. The first-order valence-electron chi connectivity index (χ1n) is 9.10. The Morgan fingerprint density at radius 2 is 1.85 bits per heavy atom. The molecule has 0 aliphatic carbocycles. The number of hydrogen-bond acceptors (Lipinski definition) is 5. The Morgan fingerprint density at radius 3 is 2.48 bits per heavy atom. The van der Waals surface area contributed by atoms with E-state index < -0.39 is 0 Å². The molecule has 4 heterocycles. The van der Waals surface area contributed by atoms with Gasteiger partial charge in [0.1, 0.15) is 5.69 Å². The van der Waals surface area contributed by atoms with Crippen LogP contribution in [0.4, 0.5) is 0 Å². The fourth-order valence-electron chi connectivity index (χ4n) is 3.55. The number of halogens is 1. The third-order valence-electron chi connectivity index (χ3n) is 5.06. The summed E-state index contributed by atoms with van der Waals surface area (Å²) in [6, 6.07) is 5.46. The minimum atomic E-state index is -0.129. The average Bonchev–Trinajstić information content (AvgIpc) is 3.40. The maximum atomic E-state index is 12.7. The molecule has 27 heavy (non-hydrogen) atoms. The van der Waals surface area contributed by atoms with Crippen molar-refractivity contribution in [1.29, 1.82) is 0 Å². The minimum absolute atomic E-state index is 0. The molecule has 2 amide bonds. The number of amides is 2. The van der Waals surface area contributed by atoms with Crippen molar-refractivity contribution in [3.8, 4) is 0 Å². The van der Waals surface area contributed by atoms with E-state index in [1.54, 1.807) is 28.0 Å². The van der Waals surface area contributed by atoms with Gasteiger partial charge in [0.2, 0.25) is 0 Å². The number of rotatable bonds is 3. The number of furan rings is 1. The Kier molecular flexibility index (Phi) is 6.18. The molecule has 2 fully saturated rings. The first-order valence-corrected chi connectivity index (χ1v) is 9.10. The summed E-state index contributed by atoms with van der Waals surface area (Å²) in [5.74, 6) is 0.137. The number of piperidine rings is 1. The maximum Gasteiger partial charge on any atom is 0.289 e. The smallest absolute Gasteiger partial charge is 0.289 e. The molecule has 146 valence electrons. The zero-order valence-electron chi connectivity index (χ0n) is 15.0. The fourth-order valence-corrected chi connectivity index (χ4v) is 3.55. The van der Waals surface area contributed by atoms with E-state index in [1.165, 1.54) is 6.26 Å². The first-order chi connectivity index (χ1) is 12.7. The van der Waals surface area contributed by atoms with Gasteiger partial charge >= 0.3 is 0 Å². The molecule has 8 nitrogen and oxygen atoms in total. The van der Waals surface area contributed by atoms with Gasteiger partial charge in [0.15, 0.2) is 5.76 Å². The zero-order chi connectivity index (χ0) is 17.9. The number of piperazine rings is 1. The molecule has 0 aromatic carbocycles. The van der Waals surface area contributed by atoms with Crippen molar-refractivity contribution in [3.63, 3.8) is 0 Å². The lowest BCUT2D eigenvalue weighted by Gasteiger charge is -2.34. The van der Waals surface area contributed by atoms with Crippen molar-refractivity contribution in [1.82, 2.24) is 24.9 Å². The third kappa shape index (κ3) is 4.17. The summed E-state index contributed by atoms with van der Waals surface area (Å²) in [5.41, 5.74) is 0.474. The van der Waals surface area contributed by atoms with Crippen molar-refractivity contribution < 1.29 is 14.0 Å². The van der Waals surface area contributed by atoms with Crippen LogP contribution in [0, 0.1) is 0 Å². The molecule has 2 saturated heterocycles. The highest BCUT2D eigenvalue weighted by Crippen LogP contribution is 2.17. The van der Waals surface area contributed by atoms with Crippen molar-refractivity contribution in [2.45, 2.75) is 18.9 Å². The van der Waals surface area contributed by atoms with Gasteiger partial charge < -0.3 is 19.5 Å². The standard InChI is InChI=1S/C18H23N5O3.ClH/c24-17(15-5-7-23(20-15)14-3-1-6-19-13-14)21-8-10-22(11-9-21)18(25)16-4-2-12-26-16;/h2,4-5,7,12,14,19H,1,3,6,8-11,13H2;1H. The molecule has 0 radical (unpaired) electrons. The van der Waals surface area contributed by atoms with Gasteiger partial charge in [0, 0.05) is 38.9 Å².